The minimum absolute atomic E-state index is 0.0813. The molecule has 0 aliphatic heterocycles. The fraction of sp³-hybridized carbons (Fsp3) is 0.182. The molecule has 0 saturated heterocycles. The van der Waals surface area contributed by atoms with Crippen molar-refractivity contribution in [3.05, 3.63) is 70.8 Å². The van der Waals surface area contributed by atoms with Crippen molar-refractivity contribution >= 4 is 38.9 Å². The molecule has 0 aliphatic rings. The Morgan fingerprint density at radius 3 is 2.74 bits per heavy atom. The Hall–Kier alpha value is -3.35. The topological polar surface area (TPSA) is 105 Å². The molecule has 0 saturated carbocycles. The van der Waals surface area contributed by atoms with Crippen molar-refractivity contribution in [2.45, 2.75) is 30.9 Å². The van der Waals surface area contributed by atoms with Gasteiger partial charge in [0.15, 0.2) is 6.61 Å². The van der Waals surface area contributed by atoms with Crippen LogP contribution in [0.1, 0.15) is 23.4 Å². The van der Waals surface area contributed by atoms with Crippen LogP contribution in [-0.2, 0) is 6.61 Å². The van der Waals surface area contributed by atoms with E-state index in [0.29, 0.717) is 16.6 Å². The maximum Gasteiger partial charge on any atom is 0.277 e. The zero-order valence-electron chi connectivity index (χ0n) is 16.8. The molecule has 4 aromatic rings. The zero-order valence-corrected chi connectivity index (χ0v) is 18.4. The molecule has 0 radical (unpaired) electrons. The van der Waals surface area contributed by atoms with E-state index >= 15 is 0 Å². The molecule has 9 heteroatoms. The number of aliphatic hydroxyl groups is 1. The molecular formula is C22H18N4O3S2. The second-order valence-electron chi connectivity index (χ2n) is 6.68. The highest BCUT2D eigenvalue weighted by atomic mass is 32.2. The molecule has 31 heavy (non-hydrogen) atoms. The Morgan fingerprint density at radius 1 is 1.23 bits per heavy atom. The van der Waals surface area contributed by atoms with Gasteiger partial charge in [-0.15, -0.1) is 21.5 Å². The fourth-order valence-electron chi connectivity index (χ4n) is 2.73. The van der Waals surface area contributed by atoms with Crippen molar-refractivity contribution in [2.75, 3.05) is 0 Å². The van der Waals surface area contributed by atoms with Gasteiger partial charge in [-0.2, -0.15) is 5.26 Å². The average molecular weight is 451 g/mol. The van der Waals surface area contributed by atoms with Gasteiger partial charge in [-0.1, -0.05) is 41.6 Å². The van der Waals surface area contributed by atoms with Crippen LogP contribution in [0.2, 0.25) is 0 Å². The predicted molar refractivity (Wildman–Crippen MR) is 120 cm³/mol. The second kappa shape index (κ2) is 9.20. The molecule has 2 aromatic heterocycles. The van der Waals surface area contributed by atoms with Gasteiger partial charge in [0.1, 0.15) is 28.2 Å². The highest BCUT2D eigenvalue weighted by Gasteiger charge is 2.21. The summed E-state index contributed by atoms with van der Waals surface area (Å²) < 4.78 is 12.2. The first-order chi connectivity index (χ1) is 15.0. The maximum atomic E-state index is 10.7. The highest BCUT2D eigenvalue weighted by molar-refractivity contribution is 7.99. The molecule has 1 atom stereocenters. The monoisotopic (exact) mass is 450 g/mol. The van der Waals surface area contributed by atoms with Crippen LogP contribution in [0.5, 0.6) is 5.75 Å². The number of aromatic nitrogens is 3. The van der Waals surface area contributed by atoms with Crippen LogP contribution in [0.4, 0.5) is 0 Å². The Balaban J connectivity index is 1.44. The molecular weight excluding hydrogens is 432 g/mol. The first kappa shape index (κ1) is 20.9. The molecule has 0 aliphatic carbocycles. The summed E-state index contributed by atoms with van der Waals surface area (Å²) in [6.07, 6.45) is 0. The van der Waals surface area contributed by atoms with Crippen molar-refractivity contribution in [2.24, 2.45) is 0 Å². The lowest BCUT2D eigenvalue weighted by molar-refractivity contribution is 0.252. The molecule has 2 aromatic carbocycles. The fourth-order valence-corrected chi connectivity index (χ4v) is 4.46. The van der Waals surface area contributed by atoms with Gasteiger partial charge < -0.3 is 14.3 Å². The number of allylic oxidation sites excluding steroid dienone is 1. The number of para-hydroxylation sites is 1. The van der Waals surface area contributed by atoms with E-state index in [4.69, 9.17) is 9.15 Å². The number of fused-ring (bicyclic) bond motifs is 1. The highest BCUT2D eigenvalue weighted by Crippen LogP contribution is 2.33. The first-order valence-corrected chi connectivity index (χ1v) is 11.1. The minimum Gasteiger partial charge on any atom is -0.510 e. The van der Waals surface area contributed by atoms with Gasteiger partial charge in [0.25, 0.3) is 11.1 Å². The van der Waals surface area contributed by atoms with Crippen molar-refractivity contribution < 1.29 is 14.3 Å². The number of aryl methyl sites for hydroxylation is 1. The molecule has 7 nitrogen and oxygen atoms in total. The second-order valence-corrected chi connectivity index (χ2v) is 9.01. The summed E-state index contributed by atoms with van der Waals surface area (Å²) in [7, 11) is 0. The van der Waals surface area contributed by atoms with Crippen molar-refractivity contribution in [1.82, 2.24) is 15.2 Å². The van der Waals surface area contributed by atoms with E-state index in [-0.39, 0.29) is 23.2 Å². The number of rotatable bonds is 7. The number of nitrogens with zero attached hydrogens (tertiary/aromatic N) is 4. The molecule has 1 unspecified atom stereocenters. The summed E-state index contributed by atoms with van der Waals surface area (Å²) in [5.41, 5.74) is 2.08. The number of ether oxygens (including phenoxy) is 1. The Morgan fingerprint density at radius 2 is 2.00 bits per heavy atom. The SMILES string of the molecule is Cc1ccc(OCc2nnc(SC(C)/C(O)=C(/C#N)c3nc4ccccc4s3)o2)cc1. The number of hydrogen-bond donors (Lipinski definition) is 1. The van der Waals surface area contributed by atoms with Crippen LogP contribution in [-0.4, -0.2) is 25.5 Å². The molecule has 1 N–H and O–H groups in total. The van der Waals surface area contributed by atoms with E-state index < -0.39 is 5.25 Å². The van der Waals surface area contributed by atoms with E-state index in [1.807, 2.05) is 55.5 Å². The van der Waals surface area contributed by atoms with Gasteiger partial charge in [-0.25, -0.2) is 4.98 Å². The summed E-state index contributed by atoms with van der Waals surface area (Å²) in [6, 6.07) is 17.3. The van der Waals surface area contributed by atoms with Gasteiger partial charge in [0.05, 0.1) is 15.5 Å². The number of benzene rings is 2. The van der Waals surface area contributed by atoms with Crippen LogP contribution < -0.4 is 4.74 Å². The molecule has 156 valence electrons. The van der Waals surface area contributed by atoms with Gasteiger partial charge in [0.2, 0.25) is 0 Å². The van der Waals surface area contributed by atoms with E-state index in [2.05, 4.69) is 21.3 Å². The predicted octanol–water partition coefficient (Wildman–Crippen LogP) is 5.54. The van der Waals surface area contributed by atoms with Gasteiger partial charge in [-0.05, 0) is 38.1 Å². The van der Waals surface area contributed by atoms with Crippen LogP contribution in [0, 0.1) is 18.3 Å². The summed E-state index contributed by atoms with van der Waals surface area (Å²) >= 11 is 2.53. The average Bonchev–Trinajstić information content (AvgIpc) is 3.40. The lowest BCUT2D eigenvalue weighted by atomic mass is 10.2. The normalized spacial score (nSPS) is 12.9. The van der Waals surface area contributed by atoms with E-state index in [1.165, 1.54) is 11.3 Å². The number of thioether (sulfide) groups is 1. The third-order valence-electron chi connectivity index (χ3n) is 4.37. The molecule has 0 bridgehead atoms. The zero-order chi connectivity index (χ0) is 21.8. The van der Waals surface area contributed by atoms with Crippen LogP contribution in [0.15, 0.2) is 63.9 Å². The third-order valence-corrected chi connectivity index (χ3v) is 6.37. The smallest absolute Gasteiger partial charge is 0.277 e. The van der Waals surface area contributed by atoms with Gasteiger partial charge in [-0.3, -0.25) is 0 Å². The van der Waals surface area contributed by atoms with Crippen molar-refractivity contribution in [3.63, 3.8) is 0 Å². The number of thiazole rings is 1. The largest absolute Gasteiger partial charge is 0.510 e. The maximum absolute atomic E-state index is 10.7. The standard InChI is InChI=1S/C22H18N4O3S2/c1-13-7-9-15(10-8-13)28-12-19-25-26-22(29-19)30-14(2)20(27)16(11-23)21-24-17-5-3-4-6-18(17)31-21/h3-10,14,27H,12H2,1-2H3/b20-16+. The van der Waals surface area contributed by atoms with Crippen LogP contribution in [0.25, 0.3) is 15.8 Å². The lowest BCUT2D eigenvalue weighted by Gasteiger charge is -2.08. The summed E-state index contributed by atoms with van der Waals surface area (Å²) in [5, 5.41) is 28.6. The number of aliphatic hydroxyl groups excluding tert-OH is 1. The third kappa shape index (κ3) is 4.87. The van der Waals surface area contributed by atoms with Crippen molar-refractivity contribution in [3.8, 4) is 11.8 Å². The van der Waals surface area contributed by atoms with E-state index in [0.717, 1.165) is 27.5 Å². The summed E-state index contributed by atoms with van der Waals surface area (Å²) in [6.45, 7) is 3.91. The van der Waals surface area contributed by atoms with Gasteiger partial charge >= 0.3 is 0 Å². The summed E-state index contributed by atoms with van der Waals surface area (Å²) in [5.74, 6) is 0.953. The first-order valence-electron chi connectivity index (χ1n) is 9.41. The lowest BCUT2D eigenvalue weighted by Crippen LogP contribution is -2.04. The Kier molecular flexibility index (Phi) is 6.21. The number of hydrogen-bond acceptors (Lipinski definition) is 9. The number of nitriles is 1. The summed E-state index contributed by atoms with van der Waals surface area (Å²) in [4.78, 5) is 4.46. The van der Waals surface area contributed by atoms with Crippen LogP contribution in [0.3, 0.4) is 0 Å². The molecule has 0 fully saturated rings. The minimum atomic E-state index is -0.479. The molecule has 4 rings (SSSR count). The molecule has 2 heterocycles. The van der Waals surface area contributed by atoms with Crippen molar-refractivity contribution in [1.29, 1.82) is 5.26 Å². The van der Waals surface area contributed by atoms with Gasteiger partial charge in [0, 0.05) is 0 Å². The molecule has 0 spiro atoms. The van der Waals surface area contributed by atoms with Crippen LogP contribution >= 0.6 is 23.1 Å². The quantitative estimate of drug-likeness (QED) is 0.222. The van der Waals surface area contributed by atoms with E-state index in [9.17, 15) is 10.4 Å². The molecule has 0 amide bonds. The Labute approximate surface area is 187 Å². The Bertz CT molecular complexity index is 1240. The van der Waals surface area contributed by atoms with E-state index in [1.54, 1.807) is 6.92 Å².